The average molecular weight is 557 g/mol. The van der Waals surface area contributed by atoms with E-state index in [1.54, 1.807) is 30.3 Å². The van der Waals surface area contributed by atoms with Crippen LogP contribution in [0.4, 0.5) is 5.69 Å². The SMILES string of the molecule is CCCCNC(=O)[C@@H](CC)N(Cc1ccc(Cl)cc1Cl)C(=O)CN(c1cc(C)cc(C)c1)S(C)(=O)=O. The van der Waals surface area contributed by atoms with Crippen LogP contribution in [0, 0.1) is 13.8 Å². The van der Waals surface area contributed by atoms with Crippen LogP contribution in [0.25, 0.3) is 0 Å². The number of nitrogens with one attached hydrogen (secondary N) is 1. The Balaban J connectivity index is 2.47. The number of hydrogen-bond donors (Lipinski definition) is 1. The first kappa shape index (κ1) is 29.9. The lowest BCUT2D eigenvalue weighted by Crippen LogP contribution is -2.52. The molecule has 0 bridgehead atoms. The minimum absolute atomic E-state index is 0.0268. The summed E-state index contributed by atoms with van der Waals surface area (Å²) in [6, 6.07) is 9.49. The van der Waals surface area contributed by atoms with Gasteiger partial charge in [-0.2, -0.15) is 0 Å². The Kier molecular flexibility index (Phi) is 11.1. The van der Waals surface area contributed by atoms with E-state index in [4.69, 9.17) is 23.2 Å². The average Bonchev–Trinajstić information content (AvgIpc) is 2.77. The predicted octanol–water partition coefficient (Wildman–Crippen LogP) is 5.10. The second-order valence-corrected chi connectivity index (χ2v) is 11.7. The first-order chi connectivity index (χ1) is 16.9. The van der Waals surface area contributed by atoms with Gasteiger partial charge in [-0.25, -0.2) is 8.42 Å². The standard InChI is InChI=1S/C26H35Cl2N3O4S/c1-6-8-11-29-26(33)24(7-2)30(16-20-9-10-21(27)15-23(20)28)25(32)17-31(36(5,34)35)22-13-18(3)12-19(4)14-22/h9-10,12-15,24H,6-8,11,16-17H2,1-5H3,(H,29,33)/t24-/m1/s1. The number of aryl methyl sites for hydroxylation is 2. The summed E-state index contributed by atoms with van der Waals surface area (Å²) in [6.45, 7) is 7.63. The maximum absolute atomic E-state index is 13.7. The summed E-state index contributed by atoms with van der Waals surface area (Å²) in [5, 5.41) is 3.70. The molecule has 0 aliphatic heterocycles. The van der Waals surface area contributed by atoms with Crippen LogP contribution in [-0.4, -0.2) is 50.5 Å². The van der Waals surface area contributed by atoms with Gasteiger partial charge in [0.05, 0.1) is 11.9 Å². The van der Waals surface area contributed by atoms with Crippen molar-refractivity contribution in [1.82, 2.24) is 10.2 Å². The summed E-state index contributed by atoms with van der Waals surface area (Å²) in [5.74, 6) is -0.801. The maximum Gasteiger partial charge on any atom is 0.244 e. The Labute approximate surface area is 224 Å². The van der Waals surface area contributed by atoms with E-state index in [1.807, 2.05) is 33.8 Å². The van der Waals surface area contributed by atoms with Crippen molar-refractivity contribution >= 4 is 50.7 Å². The Hall–Kier alpha value is -2.29. The summed E-state index contributed by atoms with van der Waals surface area (Å²) in [5.41, 5.74) is 2.75. The number of benzene rings is 2. The highest BCUT2D eigenvalue weighted by molar-refractivity contribution is 7.92. The van der Waals surface area contributed by atoms with Crippen LogP contribution in [0.15, 0.2) is 36.4 Å². The zero-order valence-corrected chi connectivity index (χ0v) is 23.8. The molecular formula is C26H35Cl2N3O4S. The molecule has 0 aliphatic rings. The van der Waals surface area contributed by atoms with E-state index in [2.05, 4.69) is 5.32 Å². The Morgan fingerprint density at radius 2 is 1.67 bits per heavy atom. The van der Waals surface area contributed by atoms with Gasteiger partial charge in [0, 0.05) is 23.1 Å². The number of unbranched alkanes of at least 4 members (excludes halogenated alkanes) is 1. The smallest absolute Gasteiger partial charge is 0.244 e. The number of carbonyl (C=O) groups excluding carboxylic acids is 2. The van der Waals surface area contributed by atoms with Crippen molar-refractivity contribution < 1.29 is 18.0 Å². The number of anilines is 1. The second-order valence-electron chi connectivity index (χ2n) is 8.94. The molecule has 0 saturated carbocycles. The third-order valence-electron chi connectivity index (χ3n) is 5.74. The summed E-state index contributed by atoms with van der Waals surface area (Å²) in [4.78, 5) is 28.2. The molecule has 0 heterocycles. The van der Waals surface area contributed by atoms with Gasteiger partial charge in [-0.05, 0) is 67.6 Å². The number of amides is 2. The van der Waals surface area contributed by atoms with E-state index in [1.165, 1.54) is 4.90 Å². The van der Waals surface area contributed by atoms with Crippen molar-refractivity contribution in [3.8, 4) is 0 Å². The number of carbonyl (C=O) groups is 2. The van der Waals surface area contributed by atoms with Gasteiger partial charge >= 0.3 is 0 Å². The van der Waals surface area contributed by atoms with Crippen molar-refractivity contribution in [3.63, 3.8) is 0 Å². The molecule has 2 aromatic carbocycles. The Morgan fingerprint density at radius 1 is 1.03 bits per heavy atom. The van der Waals surface area contributed by atoms with Gasteiger partial charge in [0.15, 0.2) is 0 Å². The molecular weight excluding hydrogens is 521 g/mol. The fourth-order valence-electron chi connectivity index (χ4n) is 3.97. The minimum atomic E-state index is -3.80. The normalized spacial score (nSPS) is 12.2. The molecule has 36 heavy (non-hydrogen) atoms. The highest BCUT2D eigenvalue weighted by atomic mass is 35.5. The second kappa shape index (κ2) is 13.3. The third-order valence-corrected chi connectivity index (χ3v) is 7.47. The van der Waals surface area contributed by atoms with Gasteiger partial charge in [-0.1, -0.05) is 55.6 Å². The molecule has 2 amide bonds. The fraction of sp³-hybridized carbons (Fsp3) is 0.462. The quantitative estimate of drug-likeness (QED) is 0.369. The molecule has 7 nitrogen and oxygen atoms in total. The number of sulfonamides is 1. The van der Waals surface area contributed by atoms with E-state index in [0.29, 0.717) is 34.3 Å². The molecule has 1 N–H and O–H groups in total. The fourth-order valence-corrected chi connectivity index (χ4v) is 5.27. The molecule has 0 aliphatic carbocycles. The minimum Gasteiger partial charge on any atom is -0.354 e. The molecule has 0 fully saturated rings. The molecule has 10 heteroatoms. The van der Waals surface area contributed by atoms with Crippen LogP contribution in [0.1, 0.15) is 49.8 Å². The number of nitrogens with zero attached hydrogens (tertiary/aromatic N) is 2. The van der Waals surface area contributed by atoms with Crippen molar-refractivity contribution in [2.75, 3.05) is 23.7 Å². The molecule has 0 spiro atoms. The Bertz CT molecular complexity index is 1170. The lowest BCUT2D eigenvalue weighted by atomic mass is 10.1. The molecule has 0 aromatic heterocycles. The highest BCUT2D eigenvalue weighted by Gasteiger charge is 2.32. The molecule has 2 aromatic rings. The molecule has 1 atom stereocenters. The van der Waals surface area contributed by atoms with Gasteiger partial charge in [-0.3, -0.25) is 13.9 Å². The molecule has 0 radical (unpaired) electrons. The first-order valence-corrected chi connectivity index (χ1v) is 14.5. The first-order valence-electron chi connectivity index (χ1n) is 11.9. The van der Waals surface area contributed by atoms with Gasteiger partial charge in [-0.15, -0.1) is 0 Å². The number of halogens is 2. The molecule has 198 valence electrons. The lowest BCUT2D eigenvalue weighted by Gasteiger charge is -2.33. The zero-order valence-electron chi connectivity index (χ0n) is 21.5. The van der Waals surface area contributed by atoms with Gasteiger partial charge < -0.3 is 10.2 Å². The monoisotopic (exact) mass is 555 g/mol. The van der Waals surface area contributed by atoms with Gasteiger partial charge in [0.1, 0.15) is 12.6 Å². The third kappa shape index (κ3) is 8.39. The summed E-state index contributed by atoms with van der Waals surface area (Å²) < 4.78 is 26.6. The lowest BCUT2D eigenvalue weighted by molar-refractivity contribution is -0.140. The summed E-state index contributed by atoms with van der Waals surface area (Å²) in [6.07, 6.45) is 3.14. The van der Waals surface area contributed by atoms with Crippen molar-refractivity contribution in [2.45, 2.75) is 59.5 Å². The molecule has 0 saturated heterocycles. The van der Waals surface area contributed by atoms with Crippen molar-refractivity contribution in [1.29, 1.82) is 0 Å². The zero-order chi connectivity index (χ0) is 27.0. The largest absolute Gasteiger partial charge is 0.354 e. The summed E-state index contributed by atoms with van der Waals surface area (Å²) >= 11 is 12.4. The molecule has 0 unspecified atom stereocenters. The van der Waals surface area contributed by atoms with Gasteiger partial charge in [0.25, 0.3) is 0 Å². The van der Waals surface area contributed by atoms with Crippen LogP contribution in [0.3, 0.4) is 0 Å². The van der Waals surface area contributed by atoms with Crippen LogP contribution in [0.2, 0.25) is 10.0 Å². The van der Waals surface area contributed by atoms with E-state index < -0.39 is 28.5 Å². The highest BCUT2D eigenvalue weighted by Crippen LogP contribution is 2.25. The maximum atomic E-state index is 13.7. The van der Waals surface area contributed by atoms with Crippen molar-refractivity contribution in [3.05, 3.63) is 63.1 Å². The van der Waals surface area contributed by atoms with E-state index >= 15 is 0 Å². The van der Waals surface area contributed by atoms with Gasteiger partial charge in [0.2, 0.25) is 21.8 Å². The van der Waals surface area contributed by atoms with E-state index in [9.17, 15) is 18.0 Å². The van der Waals surface area contributed by atoms with Crippen LogP contribution in [0.5, 0.6) is 0 Å². The van der Waals surface area contributed by atoms with Crippen LogP contribution >= 0.6 is 23.2 Å². The van der Waals surface area contributed by atoms with Crippen LogP contribution < -0.4 is 9.62 Å². The number of rotatable bonds is 12. The van der Waals surface area contributed by atoms with Crippen LogP contribution in [-0.2, 0) is 26.2 Å². The topological polar surface area (TPSA) is 86.8 Å². The predicted molar refractivity (Wildman–Crippen MR) is 147 cm³/mol. The number of hydrogen-bond acceptors (Lipinski definition) is 4. The molecule has 2 rings (SSSR count). The van der Waals surface area contributed by atoms with E-state index in [0.717, 1.165) is 34.5 Å². The van der Waals surface area contributed by atoms with Crippen molar-refractivity contribution in [2.24, 2.45) is 0 Å². The summed E-state index contributed by atoms with van der Waals surface area (Å²) in [7, 11) is -3.80. The van der Waals surface area contributed by atoms with E-state index in [-0.39, 0.29) is 12.5 Å². The Morgan fingerprint density at radius 3 is 2.19 bits per heavy atom.